The van der Waals surface area contributed by atoms with Crippen LogP contribution in [0.2, 0.25) is 157 Å². The van der Waals surface area contributed by atoms with Crippen molar-refractivity contribution >= 4 is 339 Å². The molecule has 21 aromatic heterocycles. The van der Waals surface area contributed by atoms with Crippen molar-refractivity contribution in [2.24, 2.45) is 0 Å². The lowest BCUT2D eigenvalue weighted by Gasteiger charge is -2.12. The van der Waals surface area contributed by atoms with E-state index in [4.69, 9.17) is 0 Å². The summed E-state index contributed by atoms with van der Waals surface area (Å²) >= 11 is 41.9. The number of hydrogen-bond donors (Lipinski definition) is 0. The van der Waals surface area contributed by atoms with Gasteiger partial charge in [0.25, 0.3) is 0 Å². The van der Waals surface area contributed by atoms with Crippen LogP contribution in [0.1, 0.15) is 0 Å². The molecule has 0 fully saturated rings. The molecule has 21 aromatic rings. The van der Waals surface area contributed by atoms with Crippen LogP contribution in [0.4, 0.5) is 0 Å². The van der Waals surface area contributed by atoms with Gasteiger partial charge in [-0.15, -0.1) is 238 Å². The van der Waals surface area contributed by atoms with E-state index in [1.807, 2.05) is 238 Å². The van der Waals surface area contributed by atoms with Crippen LogP contribution in [-0.2, 0) is 0 Å². The Hall–Kier alpha value is -4.56. The Morgan fingerprint density at radius 3 is 0.453 bits per heavy atom. The quantitative estimate of drug-likeness (QED) is 0.0429. The van der Waals surface area contributed by atoms with Gasteiger partial charge in [0.15, 0.2) is 0 Å². The third-order valence-electron chi connectivity index (χ3n) is 24.3. The lowest BCUT2D eigenvalue weighted by molar-refractivity contribution is 1.78. The van der Waals surface area contributed by atoms with Crippen molar-refractivity contribution in [2.75, 3.05) is 0 Å². The smallest absolute Gasteiger partial charge is 0.0904 e. The zero-order valence-electron chi connectivity index (χ0n) is 81.4. The molecule has 0 atom stereocenters. The van der Waals surface area contributed by atoms with Gasteiger partial charge in [-0.2, -0.15) is 0 Å². The molecule has 21 heterocycles. The van der Waals surface area contributed by atoms with E-state index >= 15 is 0 Å². The largest absolute Gasteiger partial charge is 0.145 e. The molecule has 137 heavy (non-hydrogen) atoms. The molecule has 0 N–H and O–H groups in total. The Morgan fingerprint density at radius 1 is 0.117 bits per heavy atom. The number of rotatable bonds is 28. The van der Waals surface area contributed by atoms with Gasteiger partial charge in [0.2, 0.25) is 0 Å². The molecule has 0 bridgehead atoms. The maximum atomic E-state index is 2.56. The summed E-state index contributed by atoms with van der Waals surface area (Å²) in [6, 6.07) is 85.8. The second-order valence-electron chi connectivity index (χ2n) is 43.6. The maximum Gasteiger partial charge on any atom is 0.0904 e. The third kappa shape index (κ3) is 20.0. The van der Waals surface area contributed by atoms with E-state index < -0.39 is 64.6 Å². The van der Waals surface area contributed by atoms with E-state index in [9.17, 15) is 0 Å². The normalized spacial score (nSPS) is 13.0. The molecule has 21 rings (SSSR count). The van der Waals surface area contributed by atoms with Crippen LogP contribution in [0.15, 0.2) is 218 Å². The summed E-state index contributed by atoms with van der Waals surface area (Å²) in [4.78, 5) is 44.7. The van der Waals surface area contributed by atoms with Crippen molar-refractivity contribution in [1.82, 2.24) is 0 Å². The van der Waals surface area contributed by atoms with Gasteiger partial charge in [0.1, 0.15) is 0 Å². The second kappa shape index (κ2) is 37.4. The summed E-state index contributed by atoms with van der Waals surface area (Å²) in [7, 11) is -12.2. The molecule has 0 aromatic carbocycles. The molecule has 0 spiro atoms. The van der Waals surface area contributed by atoms with Gasteiger partial charge in [-0.05, 0) is 205 Å². The van der Waals surface area contributed by atoms with Crippen LogP contribution in [0.5, 0.6) is 0 Å². The highest BCUT2D eigenvalue weighted by Crippen LogP contribution is 2.60. The summed E-state index contributed by atoms with van der Waals surface area (Å²) in [6.45, 7) is 59.7. The predicted molar refractivity (Wildman–Crippen MR) is 674 cm³/mol. The van der Waals surface area contributed by atoms with Crippen LogP contribution in [0.25, 0.3) is 200 Å². The van der Waals surface area contributed by atoms with Crippen molar-refractivity contribution in [3.8, 4) is 200 Å². The Balaban J connectivity index is 0.645. The van der Waals surface area contributed by atoms with Crippen LogP contribution in [-0.4, -0.2) is 64.6 Å². The van der Waals surface area contributed by atoms with E-state index in [-0.39, 0.29) is 0 Å². The summed E-state index contributed by atoms with van der Waals surface area (Å²) < 4.78 is 12.5. The van der Waals surface area contributed by atoms with Crippen molar-refractivity contribution in [3.05, 3.63) is 218 Å². The first-order chi connectivity index (χ1) is 64.8. The molecule has 0 aliphatic heterocycles. The van der Waals surface area contributed by atoms with Gasteiger partial charge in [-0.1, -0.05) is 206 Å². The summed E-state index contributed by atoms with van der Waals surface area (Å²) in [5, 5.41) is 2.33. The minimum Gasteiger partial charge on any atom is -0.145 e. The van der Waals surface area contributed by atoms with Gasteiger partial charge < -0.3 is 0 Å². The monoisotopic (exact) mass is 2300 g/mol. The highest BCUT2D eigenvalue weighted by Gasteiger charge is 2.34. The fourth-order valence-corrected chi connectivity index (χ4v) is 55.7. The maximum absolute atomic E-state index is 2.56. The van der Waals surface area contributed by atoms with Crippen molar-refractivity contribution in [3.63, 3.8) is 0 Å². The molecule has 0 aliphatic rings. The topological polar surface area (TPSA) is 0 Å². The molecular weight excluding hydrogens is 2200 g/mol. The van der Waals surface area contributed by atoms with Crippen LogP contribution >= 0.6 is 238 Å². The molecule has 0 unspecified atom stereocenters. The molecular formula is C108H108S21Si8. The first-order valence-electron chi connectivity index (χ1n) is 46.2. The molecule has 0 aliphatic carbocycles. The SMILES string of the molecule is C[Si](C)(C)c1ccc(-c2cc(-c3ccc(-c4cc(-c5ccc(-c6ccsc6-c6ccc(-c7cc(-c8ccc(-c9cc(-c%10ccc([Si](C)(C)C)s%10)c(-c%10ccc([Si](C)(C)C)s%10)s9)s8)c(-c8ccc(-c9cc(-c%10ccc([Si](C)(C)C)s%10)c(-c%10ccc([Si](C)(C)C)s%10)s9)s8)s7)s6)s5)sc4-c4ccc(-c5cc(-c6ccc([Si](C)(C)C)s6)c(-c6ccc([Si](C)(C)C)s6)s5)s4)s3)sc2-c2ccc([Si](C)(C)C)s2)s1. The fourth-order valence-electron chi connectivity index (χ4n) is 16.6. The lowest BCUT2D eigenvalue weighted by atomic mass is 10.1. The Morgan fingerprint density at radius 2 is 0.255 bits per heavy atom. The number of thiophene rings is 21. The zero-order valence-corrected chi connectivity index (χ0v) is 107. The van der Waals surface area contributed by atoms with Crippen molar-refractivity contribution in [1.29, 1.82) is 0 Å². The third-order valence-corrected chi connectivity index (χ3v) is 78.7. The molecule has 29 heteroatoms. The molecule has 0 saturated heterocycles. The second-order valence-corrected chi connectivity index (χ2v) is 109. The Kier molecular flexibility index (Phi) is 26.9. The van der Waals surface area contributed by atoms with Crippen LogP contribution < -0.4 is 36.0 Å². The van der Waals surface area contributed by atoms with Gasteiger partial charge in [0.05, 0.1) is 98.7 Å². The predicted octanol–water partition coefficient (Wildman–Crippen LogP) is 40.7. The van der Waals surface area contributed by atoms with Crippen LogP contribution in [0.3, 0.4) is 0 Å². The zero-order chi connectivity index (χ0) is 96.0. The Bertz CT molecular complexity index is 6890. The minimum atomic E-state index is -1.53. The standard InChI is InChI=1S/C108H108S21Si8/c1-130(2,3)94-45-37-71(116-94)64-57-89(126-105(64)84-41-49-98(120-84)134(13,14)15)76-29-26-69(111-76)62-55-88(124-103(62)82-35-32-79(114-82)92-59-66(73-39-47-96(118-73)132(7,8)9)107(128-92)86-43-51-100(122-86)136(19,20)21)75-28-25-68(110-75)61-53-54-109-102(61)81-34-31-78(113-81)91-56-63(70-27-30-77(112-70)90-58-65(72-38-46-95(117-72)131(4,5)6)106(127-90)85-42-50-99(121-85)135(16,17)18)104(125-91)83-36-33-80(115-83)93-60-67(74-40-48-97(119-74)133(10,11)12)108(129-93)87-44-52-101(123-87)137(22,23)24/h25-60H,1-24H3. The van der Waals surface area contributed by atoms with Gasteiger partial charge in [-0.25, -0.2) is 0 Å². The van der Waals surface area contributed by atoms with Gasteiger partial charge in [-0.3, -0.25) is 0 Å². The highest BCUT2D eigenvalue weighted by molar-refractivity contribution is 7.39. The average molecular weight is 2300 g/mol. The van der Waals surface area contributed by atoms with Gasteiger partial charge >= 0.3 is 0 Å². The average Bonchev–Trinajstić information content (AvgIpc) is 1.60. The first kappa shape index (κ1) is 98.5. The lowest BCUT2D eigenvalue weighted by Crippen LogP contribution is -2.34. The summed E-state index contributed by atoms with van der Waals surface area (Å²) in [5.74, 6) is 0. The molecule has 0 radical (unpaired) electrons. The van der Waals surface area contributed by atoms with Gasteiger partial charge in [0, 0.05) is 166 Å². The van der Waals surface area contributed by atoms with Crippen LogP contribution in [0, 0.1) is 0 Å². The summed E-state index contributed by atoms with van der Waals surface area (Å²) in [6.07, 6.45) is 0. The van der Waals surface area contributed by atoms with Crippen molar-refractivity contribution in [2.45, 2.75) is 157 Å². The minimum absolute atomic E-state index is 1.30. The van der Waals surface area contributed by atoms with E-state index in [2.05, 4.69) is 375 Å². The first-order valence-corrected chi connectivity index (χ1v) is 91.4. The van der Waals surface area contributed by atoms with E-state index in [0.29, 0.717) is 0 Å². The number of hydrogen-bond acceptors (Lipinski definition) is 21. The molecule has 698 valence electrons. The van der Waals surface area contributed by atoms with E-state index in [1.165, 1.54) is 200 Å². The van der Waals surface area contributed by atoms with Crippen molar-refractivity contribution < 1.29 is 0 Å². The molecule has 0 amide bonds. The summed E-state index contributed by atoms with van der Waals surface area (Å²) in [5.41, 5.74) is 9.50. The van der Waals surface area contributed by atoms with E-state index in [1.54, 1.807) is 36.0 Å². The van der Waals surface area contributed by atoms with E-state index in [0.717, 1.165) is 0 Å². The molecule has 0 nitrogen and oxygen atoms in total. The molecule has 0 saturated carbocycles. The highest BCUT2D eigenvalue weighted by atomic mass is 32.2. The fraction of sp³-hybridized carbons (Fsp3) is 0.222. The Labute approximate surface area is 901 Å².